The molecular weight excluding hydrogens is 246 g/mol. The van der Waals surface area contributed by atoms with Gasteiger partial charge < -0.3 is 9.47 Å². The molecule has 1 spiro atoms. The average Bonchev–Trinajstić information content (AvgIpc) is 2.99. The minimum atomic E-state index is -0.289. The Balaban J connectivity index is 1.62. The lowest BCUT2D eigenvalue weighted by atomic mass is 10.0. The number of thiophene rings is 1. The highest BCUT2D eigenvalue weighted by atomic mass is 32.1. The van der Waals surface area contributed by atoms with E-state index in [-0.39, 0.29) is 5.79 Å². The lowest BCUT2D eigenvalue weighted by Crippen LogP contribution is -2.48. The minimum Gasteiger partial charge on any atom is -0.346 e. The van der Waals surface area contributed by atoms with E-state index in [4.69, 9.17) is 9.47 Å². The largest absolute Gasteiger partial charge is 0.346 e. The van der Waals surface area contributed by atoms with Crippen molar-refractivity contribution in [1.29, 1.82) is 0 Å². The summed E-state index contributed by atoms with van der Waals surface area (Å²) in [5, 5.41) is 0. The summed E-state index contributed by atoms with van der Waals surface area (Å²) in [6.07, 6.45) is 3.36. The van der Waals surface area contributed by atoms with E-state index in [0.29, 0.717) is 0 Å². The van der Waals surface area contributed by atoms with Crippen LogP contribution in [0.2, 0.25) is 0 Å². The van der Waals surface area contributed by atoms with E-state index in [2.05, 4.69) is 24.0 Å². The highest BCUT2D eigenvalue weighted by molar-refractivity contribution is 7.11. The van der Waals surface area contributed by atoms with Crippen LogP contribution < -0.4 is 0 Å². The van der Waals surface area contributed by atoms with Crippen LogP contribution in [0.3, 0.4) is 0 Å². The first-order valence-corrected chi connectivity index (χ1v) is 7.69. The highest BCUT2D eigenvalue weighted by Crippen LogP contribution is 2.31. The number of rotatable bonds is 3. The molecule has 0 aliphatic carbocycles. The number of ether oxygens (including phenoxy) is 2. The summed E-state index contributed by atoms with van der Waals surface area (Å²) < 4.78 is 11.6. The van der Waals surface area contributed by atoms with Crippen LogP contribution in [0.4, 0.5) is 0 Å². The van der Waals surface area contributed by atoms with Gasteiger partial charge in [0, 0.05) is 22.7 Å². The fourth-order valence-corrected chi connectivity index (χ4v) is 3.86. The van der Waals surface area contributed by atoms with E-state index < -0.39 is 0 Å². The number of nitrogens with zero attached hydrogens (tertiary/aromatic N) is 1. The molecule has 3 heterocycles. The maximum atomic E-state index is 5.82. The zero-order chi connectivity index (χ0) is 12.4. The van der Waals surface area contributed by atoms with E-state index >= 15 is 0 Å². The zero-order valence-electron chi connectivity index (χ0n) is 11.0. The topological polar surface area (TPSA) is 21.7 Å². The summed E-state index contributed by atoms with van der Waals surface area (Å²) in [5.41, 5.74) is 0. The zero-order valence-corrected chi connectivity index (χ0v) is 11.8. The summed E-state index contributed by atoms with van der Waals surface area (Å²) in [4.78, 5) is 5.41. The molecule has 18 heavy (non-hydrogen) atoms. The highest BCUT2D eigenvalue weighted by Gasteiger charge is 2.40. The van der Waals surface area contributed by atoms with Crippen molar-refractivity contribution in [3.8, 4) is 0 Å². The van der Waals surface area contributed by atoms with Crippen molar-refractivity contribution in [3.05, 3.63) is 21.9 Å². The van der Waals surface area contributed by atoms with Gasteiger partial charge in [-0.3, -0.25) is 4.90 Å². The number of likely N-dealkylation sites (tertiary alicyclic amines) is 1. The molecule has 100 valence electrons. The SMILES string of the molecule is CCc1ccc(CN2CCCC3(C2)OCCO3)s1. The summed E-state index contributed by atoms with van der Waals surface area (Å²) in [5.74, 6) is -0.289. The van der Waals surface area contributed by atoms with E-state index in [0.717, 1.165) is 45.7 Å². The Bertz CT molecular complexity index is 398. The van der Waals surface area contributed by atoms with Crippen molar-refractivity contribution in [2.45, 2.75) is 38.5 Å². The first-order valence-electron chi connectivity index (χ1n) is 6.87. The van der Waals surface area contributed by atoms with Gasteiger partial charge in [-0.1, -0.05) is 6.92 Å². The number of hydrogen-bond donors (Lipinski definition) is 0. The van der Waals surface area contributed by atoms with Crippen LogP contribution >= 0.6 is 11.3 Å². The molecular formula is C14H21NO2S. The fourth-order valence-electron chi connectivity index (χ4n) is 2.86. The fraction of sp³-hybridized carbons (Fsp3) is 0.714. The lowest BCUT2D eigenvalue weighted by molar-refractivity contribution is -0.190. The van der Waals surface area contributed by atoms with E-state index in [9.17, 15) is 0 Å². The summed E-state index contributed by atoms with van der Waals surface area (Å²) >= 11 is 1.93. The van der Waals surface area contributed by atoms with Gasteiger partial charge in [0.2, 0.25) is 0 Å². The Labute approximate surface area is 113 Å². The predicted molar refractivity (Wildman–Crippen MR) is 72.8 cm³/mol. The van der Waals surface area contributed by atoms with Gasteiger partial charge in [-0.15, -0.1) is 11.3 Å². The molecule has 0 N–H and O–H groups in total. The van der Waals surface area contributed by atoms with Crippen molar-refractivity contribution in [2.24, 2.45) is 0 Å². The molecule has 2 aliphatic heterocycles. The van der Waals surface area contributed by atoms with Gasteiger partial charge in [0.05, 0.1) is 19.8 Å². The predicted octanol–water partition coefficient (Wildman–Crippen LogP) is 2.65. The van der Waals surface area contributed by atoms with Gasteiger partial charge in [-0.2, -0.15) is 0 Å². The Morgan fingerprint density at radius 1 is 1.28 bits per heavy atom. The standard InChI is InChI=1S/C14H21NO2S/c1-2-12-4-5-13(18-12)10-15-7-3-6-14(11-15)16-8-9-17-14/h4-5H,2-3,6-11H2,1H3. The molecule has 1 aromatic heterocycles. The molecule has 0 bridgehead atoms. The van der Waals surface area contributed by atoms with Gasteiger partial charge in [-0.25, -0.2) is 0 Å². The molecule has 3 rings (SSSR count). The molecule has 0 radical (unpaired) electrons. The van der Waals surface area contributed by atoms with Crippen LogP contribution in [0.25, 0.3) is 0 Å². The first-order chi connectivity index (χ1) is 8.80. The molecule has 0 aromatic carbocycles. The van der Waals surface area contributed by atoms with Crippen LogP contribution in [0.1, 0.15) is 29.5 Å². The average molecular weight is 267 g/mol. The molecule has 0 atom stereocenters. The van der Waals surface area contributed by atoms with E-state index in [1.165, 1.54) is 16.2 Å². The molecule has 2 fully saturated rings. The second-order valence-electron chi connectivity index (χ2n) is 5.14. The van der Waals surface area contributed by atoms with Gasteiger partial charge in [0.15, 0.2) is 5.79 Å². The van der Waals surface area contributed by atoms with Crippen molar-refractivity contribution >= 4 is 11.3 Å². The second kappa shape index (κ2) is 5.29. The minimum absolute atomic E-state index is 0.289. The van der Waals surface area contributed by atoms with Crippen molar-refractivity contribution < 1.29 is 9.47 Å². The smallest absolute Gasteiger partial charge is 0.181 e. The molecule has 0 saturated carbocycles. The second-order valence-corrected chi connectivity index (χ2v) is 6.40. The van der Waals surface area contributed by atoms with Crippen LogP contribution in [0.15, 0.2) is 12.1 Å². The third kappa shape index (κ3) is 2.62. The summed E-state index contributed by atoms with van der Waals surface area (Å²) in [6.45, 7) is 6.85. The van der Waals surface area contributed by atoms with E-state index in [1.54, 1.807) is 0 Å². The van der Waals surface area contributed by atoms with Crippen LogP contribution in [-0.2, 0) is 22.4 Å². The number of aryl methyl sites for hydroxylation is 1. The van der Waals surface area contributed by atoms with Crippen molar-refractivity contribution in [1.82, 2.24) is 4.90 Å². The quantitative estimate of drug-likeness (QED) is 0.840. The Morgan fingerprint density at radius 3 is 2.78 bits per heavy atom. The Hall–Kier alpha value is -0.420. The first kappa shape index (κ1) is 12.6. The van der Waals surface area contributed by atoms with Crippen LogP contribution in [0.5, 0.6) is 0 Å². The van der Waals surface area contributed by atoms with Crippen LogP contribution in [0, 0.1) is 0 Å². The molecule has 2 saturated heterocycles. The Kier molecular flexibility index (Phi) is 3.71. The number of hydrogen-bond acceptors (Lipinski definition) is 4. The monoisotopic (exact) mass is 267 g/mol. The third-order valence-corrected chi connectivity index (χ3v) is 4.97. The molecule has 3 nitrogen and oxygen atoms in total. The van der Waals surface area contributed by atoms with E-state index in [1.807, 2.05) is 11.3 Å². The maximum Gasteiger partial charge on any atom is 0.181 e. The lowest BCUT2D eigenvalue weighted by Gasteiger charge is -2.38. The van der Waals surface area contributed by atoms with Gasteiger partial charge in [-0.05, 0) is 31.5 Å². The van der Waals surface area contributed by atoms with Crippen molar-refractivity contribution in [3.63, 3.8) is 0 Å². The van der Waals surface area contributed by atoms with Gasteiger partial charge in [0.25, 0.3) is 0 Å². The third-order valence-electron chi connectivity index (χ3n) is 3.76. The molecule has 1 aromatic rings. The molecule has 2 aliphatic rings. The molecule has 4 heteroatoms. The van der Waals surface area contributed by atoms with Crippen LogP contribution in [-0.4, -0.2) is 37.0 Å². The molecule has 0 unspecified atom stereocenters. The van der Waals surface area contributed by atoms with Crippen molar-refractivity contribution in [2.75, 3.05) is 26.3 Å². The molecule has 0 amide bonds. The van der Waals surface area contributed by atoms with Gasteiger partial charge in [0.1, 0.15) is 0 Å². The van der Waals surface area contributed by atoms with Gasteiger partial charge >= 0.3 is 0 Å². The summed E-state index contributed by atoms with van der Waals surface area (Å²) in [7, 11) is 0. The Morgan fingerprint density at radius 2 is 2.06 bits per heavy atom. The normalized spacial score (nSPS) is 23.8. The summed E-state index contributed by atoms with van der Waals surface area (Å²) in [6, 6.07) is 4.52. The number of piperidine rings is 1. The maximum absolute atomic E-state index is 5.82.